The molecule has 2 heterocycles. The van der Waals surface area contributed by atoms with Crippen molar-refractivity contribution in [1.29, 1.82) is 0 Å². The van der Waals surface area contributed by atoms with Crippen LogP contribution in [0.5, 0.6) is 0 Å². The van der Waals surface area contributed by atoms with Gasteiger partial charge in [-0.3, -0.25) is 4.90 Å². The first-order valence-corrected chi connectivity index (χ1v) is 8.11. The van der Waals surface area contributed by atoms with Crippen LogP contribution in [0.1, 0.15) is 24.4 Å². The highest BCUT2D eigenvalue weighted by molar-refractivity contribution is 6.30. The Morgan fingerprint density at radius 3 is 2.62 bits per heavy atom. The van der Waals surface area contributed by atoms with Crippen LogP contribution in [0.4, 0.5) is 4.39 Å². The van der Waals surface area contributed by atoms with Crippen LogP contribution in [0.3, 0.4) is 0 Å². The number of ether oxygens (including phenoxy) is 1. The zero-order chi connectivity index (χ0) is 14.7. The van der Waals surface area contributed by atoms with Gasteiger partial charge in [0.2, 0.25) is 0 Å². The number of nitrogens with one attached hydrogen (secondary N) is 1. The third kappa shape index (κ3) is 3.57. The second-order valence-electron chi connectivity index (χ2n) is 5.85. The van der Waals surface area contributed by atoms with E-state index in [0.717, 1.165) is 57.8 Å². The van der Waals surface area contributed by atoms with E-state index in [1.165, 1.54) is 0 Å². The van der Waals surface area contributed by atoms with Gasteiger partial charge in [0.15, 0.2) is 0 Å². The maximum absolute atomic E-state index is 13.9. The summed E-state index contributed by atoms with van der Waals surface area (Å²) in [6, 6.07) is 5.54. The van der Waals surface area contributed by atoms with E-state index in [4.69, 9.17) is 16.3 Å². The van der Waals surface area contributed by atoms with Gasteiger partial charge in [0.1, 0.15) is 5.82 Å². The maximum atomic E-state index is 13.9. The molecule has 1 atom stereocenters. The minimum Gasteiger partial charge on any atom is -0.381 e. The van der Waals surface area contributed by atoms with Crippen molar-refractivity contribution >= 4 is 11.6 Å². The molecule has 2 aliphatic rings. The fourth-order valence-electron chi connectivity index (χ4n) is 3.47. The molecule has 0 radical (unpaired) electrons. The first-order chi connectivity index (χ1) is 10.3. The standard InChI is InChI=1S/C16H22ClFN2O/c17-14-2-1-13(11-15(14)18)16(12-3-9-21-10-4-12)20-7-5-19-6-8-20/h1-2,11-12,16,19H,3-10H2/t16-/m1/s1. The molecule has 2 aliphatic heterocycles. The lowest BCUT2D eigenvalue weighted by molar-refractivity contribution is 0.0212. The SMILES string of the molecule is Fc1cc([C@@H](C2CCOCC2)N2CCNCC2)ccc1Cl. The van der Waals surface area contributed by atoms with Gasteiger partial charge in [-0.15, -0.1) is 0 Å². The summed E-state index contributed by atoms with van der Waals surface area (Å²) < 4.78 is 19.4. The van der Waals surface area contributed by atoms with Crippen molar-refractivity contribution in [2.75, 3.05) is 39.4 Å². The largest absolute Gasteiger partial charge is 0.381 e. The Labute approximate surface area is 130 Å². The van der Waals surface area contributed by atoms with Crippen LogP contribution in [-0.2, 0) is 4.74 Å². The molecule has 116 valence electrons. The molecule has 5 heteroatoms. The van der Waals surface area contributed by atoms with E-state index < -0.39 is 0 Å². The van der Waals surface area contributed by atoms with Gasteiger partial charge in [-0.2, -0.15) is 0 Å². The van der Waals surface area contributed by atoms with Gasteiger partial charge in [-0.05, 0) is 36.5 Å². The molecule has 1 N–H and O–H groups in total. The van der Waals surface area contributed by atoms with Crippen molar-refractivity contribution in [1.82, 2.24) is 10.2 Å². The van der Waals surface area contributed by atoms with Crippen LogP contribution < -0.4 is 5.32 Å². The highest BCUT2D eigenvalue weighted by atomic mass is 35.5. The fraction of sp³-hybridized carbons (Fsp3) is 0.625. The monoisotopic (exact) mass is 312 g/mol. The van der Waals surface area contributed by atoms with E-state index in [9.17, 15) is 4.39 Å². The summed E-state index contributed by atoms with van der Waals surface area (Å²) in [7, 11) is 0. The highest BCUT2D eigenvalue weighted by Crippen LogP contribution is 2.36. The molecule has 0 saturated carbocycles. The number of nitrogens with zero attached hydrogens (tertiary/aromatic N) is 1. The molecule has 0 amide bonds. The van der Waals surface area contributed by atoms with Crippen molar-refractivity contribution in [3.05, 3.63) is 34.6 Å². The minimum atomic E-state index is -0.318. The molecule has 1 aromatic rings. The maximum Gasteiger partial charge on any atom is 0.142 e. The van der Waals surface area contributed by atoms with Gasteiger partial charge in [-0.1, -0.05) is 17.7 Å². The second kappa shape index (κ2) is 7.05. The molecule has 0 unspecified atom stereocenters. The quantitative estimate of drug-likeness (QED) is 0.929. The lowest BCUT2D eigenvalue weighted by Gasteiger charge is -2.41. The van der Waals surface area contributed by atoms with E-state index in [2.05, 4.69) is 10.2 Å². The first-order valence-electron chi connectivity index (χ1n) is 7.73. The third-order valence-electron chi connectivity index (χ3n) is 4.54. The Hall–Kier alpha value is -0.680. The van der Waals surface area contributed by atoms with Crippen LogP contribution in [0, 0.1) is 11.7 Å². The van der Waals surface area contributed by atoms with Crippen LogP contribution in [0.2, 0.25) is 5.02 Å². The molecule has 2 saturated heterocycles. The number of rotatable bonds is 3. The molecular formula is C16H22ClFN2O. The molecule has 1 aromatic carbocycles. The molecule has 2 fully saturated rings. The summed E-state index contributed by atoms with van der Waals surface area (Å²) >= 11 is 5.84. The summed E-state index contributed by atoms with van der Waals surface area (Å²) in [5.74, 6) is 0.207. The van der Waals surface area contributed by atoms with Crippen LogP contribution >= 0.6 is 11.6 Å². The molecule has 3 rings (SSSR count). The molecule has 0 aliphatic carbocycles. The topological polar surface area (TPSA) is 24.5 Å². The van der Waals surface area contributed by atoms with Crippen molar-refractivity contribution < 1.29 is 9.13 Å². The Morgan fingerprint density at radius 1 is 1.24 bits per heavy atom. The highest BCUT2D eigenvalue weighted by Gasteiger charge is 2.31. The Kier molecular flexibility index (Phi) is 5.11. The van der Waals surface area contributed by atoms with E-state index in [1.807, 2.05) is 6.07 Å². The molecule has 21 heavy (non-hydrogen) atoms. The van der Waals surface area contributed by atoms with Gasteiger partial charge in [-0.25, -0.2) is 4.39 Å². The van der Waals surface area contributed by atoms with Gasteiger partial charge < -0.3 is 10.1 Å². The van der Waals surface area contributed by atoms with E-state index in [-0.39, 0.29) is 16.9 Å². The van der Waals surface area contributed by atoms with Crippen molar-refractivity contribution in [3.8, 4) is 0 Å². The third-order valence-corrected chi connectivity index (χ3v) is 4.85. The smallest absolute Gasteiger partial charge is 0.142 e. The normalized spacial score (nSPS) is 23.1. The minimum absolute atomic E-state index is 0.199. The summed E-state index contributed by atoms with van der Waals surface area (Å²) in [4.78, 5) is 2.48. The summed E-state index contributed by atoms with van der Waals surface area (Å²) in [5, 5.41) is 3.58. The van der Waals surface area contributed by atoms with Gasteiger partial charge in [0, 0.05) is 45.4 Å². The van der Waals surface area contributed by atoms with E-state index in [0.29, 0.717) is 5.92 Å². The average Bonchev–Trinajstić information content (AvgIpc) is 2.53. The summed E-state index contributed by atoms with van der Waals surface area (Å²) in [6.45, 7) is 5.62. The number of hydrogen-bond acceptors (Lipinski definition) is 3. The van der Waals surface area contributed by atoms with Crippen LogP contribution in [-0.4, -0.2) is 44.3 Å². The zero-order valence-corrected chi connectivity index (χ0v) is 12.9. The Balaban J connectivity index is 1.87. The predicted octanol–water partition coefficient (Wildman–Crippen LogP) is 2.85. The molecular weight excluding hydrogens is 291 g/mol. The number of benzene rings is 1. The zero-order valence-electron chi connectivity index (χ0n) is 12.2. The average molecular weight is 313 g/mol. The second-order valence-corrected chi connectivity index (χ2v) is 6.26. The van der Waals surface area contributed by atoms with Crippen molar-refractivity contribution in [2.24, 2.45) is 5.92 Å². The van der Waals surface area contributed by atoms with Crippen LogP contribution in [0.25, 0.3) is 0 Å². The van der Waals surface area contributed by atoms with Crippen molar-refractivity contribution in [2.45, 2.75) is 18.9 Å². The van der Waals surface area contributed by atoms with Gasteiger partial charge in [0.05, 0.1) is 5.02 Å². The molecule has 3 nitrogen and oxygen atoms in total. The molecule has 0 bridgehead atoms. The van der Waals surface area contributed by atoms with Gasteiger partial charge >= 0.3 is 0 Å². The Bertz CT molecular complexity index is 455. The summed E-state index contributed by atoms with van der Waals surface area (Å²) in [5.41, 5.74) is 1.05. The lowest BCUT2D eigenvalue weighted by Crippen LogP contribution is -2.47. The van der Waals surface area contributed by atoms with E-state index in [1.54, 1.807) is 12.1 Å². The first kappa shape index (κ1) is 15.2. The molecule has 0 spiro atoms. The Morgan fingerprint density at radius 2 is 1.95 bits per heavy atom. The number of hydrogen-bond donors (Lipinski definition) is 1. The van der Waals surface area contributed by atoms with Crippen molar-refractivity contribution in [3.63, 3.8) is 0 Å². The van der Waals surface area contributed by atoms with E-state index >= 15 is 0 Å². The van der Waals surface area contributed by atoms with Gasteiger partial charge in [0.25, 0.3) is 0 Å². The molecule has 0 aromatic heterocycles. The lowest BCUT2D eigenvalue weighted by atomic mass is 9.85. The predicted molar refractivity (Wildman–Crippen MR) is 82.1 cm³/mol. The fourth-order valence-corrected chi connectivity index (χ4v) is 3.59. The number of halogens is 2. The summed E-state index contributed by atoms with van der Waals surface area (Å²) in [6.07, 6.45) is 2.08. The van der Waals surface area contributed by atoms with Crippen LogP contribution in [0.15, 0.2) is 18.2 Å². The number of piperazine rings is 1.